The first-order valence-electron chi connectivity index (χ1n) is 5.99. The van der Waals surface area contributed by atoms with Crippen LogP contribution in [-0.2, 0) is 4.79 Å². The van der Waals surface area contributed by atoms with Gasteiger partial charge in [0.25, 0.3) is 0 Å². The number of hydrogen-bond donors (Lipinski definition) is 0. The SMILES string of the molecule is COc1cccc(C=C(C(C)=O)c2ccccn2)c1. The second-order valence-corrected chi connectivity index (χ2v) is 4.11. The minimum Gasteiger partial charge on any atom is -0.497 e. The van der Waals surface area contributed by atoms with Crippen LogP contribution in [0.25, 0.3) is 11.6 Å². The molecule has 0 fully saturated rings. The van der Waals surface area contributed by atoms with E-state index < -0.39 is 0 Å². The molecule has 1 aromatic heterocycles. The van der Waals surface area contributed by atoms with Crippen molar-refractivity contribution in [3.8, 4) is 5.75 Å². The van der Waals surface area contributed by atoms with Gasteiger partial charge in [-0.3, -0.25) is 9.78 Å². The highest BCUT2D eigenvalue weighted by atomic mass is 16.5. The van der Waals surface area contributed by atoms with Crippen molar-refractivity contribution in [2.24, 2.45) is 0 Å². The highest BCUT2D eigenvalue weighted by Crippen LogP contribution is 2.20. The summed E-state index contributed by atoms with van der Waals surface area (Å²) >= 11 is 0. The molecule has 2 rings (SSSR count). The molecule has 0 N–H and O–H groups in total. The van der Waals surface area contributed by atoms with Crippen molar-refractivity contribution >= 4 is 17.4 Å². The lowest BCUT2D eigenvalue weighted by atomic mass is 10.0. The molecule has 1 aromatic carbocycles. The molecule has 0 aliphatic carbocycles. The number of nitrogens with zero attached hydrogens (tertiary/aromatic N) is 1. The molecule has 0 bridgehead atoms. The first-order valence-corrected chi connectivity index (χ1v) is 5.99. The Bertz CT molecular complexity index is 603. The van der Waals surface area contributed by atoms with Gasteiger partial charge in [-0.25, -0.2) is 0 Å². The Morgan fingerprint density at radius 1 is 1.21 bits per heavy atom. The van der Waals surface area contributed by atoms with Crippen LogP contribution in [0.1, 0.15) is 18.2 Å². The summed E-state index contributed by atoms with van der Waals surface area (Å²) < 4.78 is 5.17. The topological polar surface area (TPSA) is 39.2 Å². The van der Waals surface area contributed by atoms with E-state index in [1.165, 1.54) is 0 Å². The predicted octanol–water partition coefficient (Wildman–Crippen LogP) is 3.22. The fourth-order valence-corrected chi connectivity index (χ4v) is 1.78. The van der Waals surface area contributed by atoms with E-state index in [2.05, 4.69) is 4.98 Å². The van der Waals surface area contributed by atoms with Gasteiger partial charge in [-0.1, -0.05) is 18.2 Å². The first-order chi connectivity index (χ1) is 9.20. The van der Waals surface area contributed by atoms with Gasteiger partial charge in [0, 0.05) is 11.8 Å². The number of ketones is 1. The fourth-order valence-electron chi connectivity index (χ4n) is 1.78. The van der Waals surface area contributed by atoms with Crippen LogP contribution < -0.4 is 4.74 Å². The molecular weight excluding hydrogens is 238 g/mol. The third-order valence-corrected chi connectivity index (χ3v) is 2.72. The van der Waals surface area contributed by atoms with Crippen molar-refractivity contribution in [3.63, 3.8) is 0 Å². The molecule has 0 amide bonds. The van der Waals surface area contributed by atoms with Crippen molar-refractivity contribution in [2.75, 3.05) is 7.11 Å². The summed E-state index contributed by atoms with van der Waals surface area (Å²) in [6, 6.07) is 13.1. The van der Waals surface area contributed by atoms with Gasteiger partial charge in [0.15, 0.2) is 5.78 Å². The van der Waals surface area contributed by atoms with Crippen LogP contribution in [0.5, 0.6) is 5.75 Å². The average molecular weight is 253 g/mol. The maximum atomic E-state index is 11.8. The van der Waals surface area contributed by atoms with E-state index in [1.54, 1.807) is 20.2 Å². The van der Waals surface area contributed by atoms with Crippen LogP contribution in [0.2, 0.25) is 0 Å². The average Bonchev–Trinajstić information content (AvgIpc) is 2.45. The van der Waals surface area contributed by atoms with Crippen LogP contribution in [-0.4, -0.2) is 17.9 Å². The van der Waals surface area contributed by atoms with Gasteiger partial charge >= 0.3 is 0 Å². The molecule has 1 heterocycles. The van der Waals surface area contributed by atoms with Gasteiger partial charge in [0.1, 0.15) is 5.75 Å². The molecule has 96 valence electrons. The Morgan fingerprint density at radius 3 is 2.68 bits per heavy atom. The molecule has 0 aliphatic heterocycles. The van der Waals surface area contributed by atoms with Crippen molar-refractivity contribution in [1.29, 1.82) is 0 Å². The highest BCUT2D eigenvalue weighted by Gasteiger charge is 2.08. The first kappa shape index (κ1) is 13.0. The minimum absolute atomic E-state index is 0.0125. The Hall–Kier alpha value is -2.42. The van der Waals surface area contributed by atoms with Gasteiger partial charge < -0.3 is 4.74 Å². The summed E-state index contributed by atoms with van der Waals surface area (Å²) in [5, 5.41) is 0. The quantitative estimate of drug-likeness (QED) is 0.785. The standard InChI is InChI=1S/C16H15NO2/c1-12(18)15(16-8-3-4-9-17-16)11-13-6-5-7-14(10-13)19-2/h3-11H,1-2H3. The van der Waals surface area contributed by atoms with Crippen molar-refractivity contribution in [2.45, 2.75) is 6.92 Å². The van der Waals surface area contributed by atoms with Crippen LogP contribution in [0.15, 0.2) is 48.7 Å². The zero-order valence-corrected chi connectivity index (χ0v) is 11.0. The molecule has 0 saturated heterocycles. The van der Waals surface area contributed by atoms with E-state index in [9.17, 15) is 4.79 Å². The summed E-state index contributed by atoms with van der Waals surface area (Å²) in [5.74, 6) is 0.749. The maximum Gasteiger partial charge on any atom is 0.161 e. The number of rotatable bonds is 4. The van der Waals surface area contributed by atoms with Gasteiger partial charge in [0.2, 0.25) is 0 Å². The zero-order chi connectivity index (χ0) is 13.7. The Kier molecular flexibility index (Phi) is 4.08. The molecule has 0 spiro atoms. The summed E-state index contributed by atoms with van der Waals surface area (Å²) in [4.78, 5) is 16.0. The normalized spacial score (nSPS) is 11.2. The molecule has 0 aliphatic rings. The summed E-state index contributed by atoms with van der Waals surface area (Å²) in [5.41, 5.74) is 2.18. The highest BCUT2D eigenvalue weighted by molar-refractivity contribution is 6.23. The lowest BCUT2D eigenvalue weighted by molar-refractivity contribution is -0.111. The molecule has 2 aromatic rings. The number of carbonyl (C=O) groups is 1. The molecular formula is C16H15NO2. The molecule has 3 heteroatoms. The second kappa shape index (κ2) is 5.96. The van der Waals surface area contributed by atoms with Gasteiger partial charge in [0.05, 0.1) is 12.8 Å². The molecule has 0 atom stereocenters. The van der Waals surface area contributed by atoms with E-state index in [0.717, 1.165) is 11.3 Å². The van der Waals surface area contributed by atoms with E-state index >= 15 is 0 Å². The number of aromatic nitrogens is 1. The second-order valence-electron chi connectivity index (χ2n) is 4.11. The number of methoxy groups -OCH3 is 1. The maximum absolute atomic E-state index is 11.8. The van der Waals surface area contributed by atoms with E-state index in [0.29, 0.717) is 11.3 Å². The number of pyridine rings is 1. The smallest absolute Gasteiger partial charge is 0.161 e. The molecule has 3 nitrogen and oxygen atoms in total. The van der Waals surface area contributed by atoms with E-state index in [4.69, 9.17) is 4.74 Å². The molecule has 0 radical (unpaired) electrons. The zero-order valence-electron chi connectivity index (χ0n) is 11.0. The predicted molar refractivity (Wildman–Crippen MR) is 75.8 cm³/mol. The number of Topliss-reactive ketones (excluding diaryl/α,β-unsaturated/α-hetero) is 1. The van der Waals surface area contributed by atoms with E-state index in [-0.39, 0.29) is 5.78 Å². The molecule has 0 unspecified atom stereocenters. The largest absolute Gasteiger partial charge is 0.497 e. The van der Waals surface area contributed by atoms with Crippen molar-refractivity contribution in [3.05, 3.63) is 59.9 Å². The fraction of sp³-hybridized carbons (Fsp3) is 0.125. The Labute approximate surface area is 112 Å². The van der Waals surface area contributed by atoms with Crippen molar-refractivity contribution in [1.82, 2.24) is 4.98 Å². The number of benzene rings is 1. The van der Waals surface area contributed by atoms with Gasteiger partial charge in [-0.2, -0.15) is 0 Å². The number of allylic oxidation sites excluding steroid dienone is 1. The minimum atomic E-state index is -0.0125. The van der Waals surface area contributed by atoms with Crippen LogP contribution in [0, 0.1) is 0 Å². The van der Waals surface area contributed by atoms with Gasteiger partial charge in [-0.15, -0.1) is 0 Å². The lowest BCUT2D eigenvalue weighted by Crippen LogP contribution is -1.98. The number of hydrogen-bond acceptors (Lipinski definition) is 3. The molecule has 0 saturated carbocycles. The third kappa shape index (κ3) is 3.28. The number of ether oxygens (including phenoxy) is 1. The van der Waals surface area contributed by atoms with Crippen LogP contribution in [0.3, 0.4) is 0 Å². The Morgan fingerprint density at radius 2 is 2.05 bits per heavy atom. The summed E-state index contributed by atoms with van der Waals surface area (Å²) in [7, 11) is 1.62. The van der Waals surface area contributed by atoms with Crippen LogP contribution in [0.4, 0.5) is 0 Å². The third-order valence-electron chi connectivity index (χ3n) is 2.72. The monoisotopic (exact) mass is 253 g/mol. The number of carbonyl (C=O) groups excluding carboxylic acids is 1. The van der Waals surface area contributed by atoms with Gasteiger partial charge in [-0.05, 0) is 42.8 Å². The van der Waals surface area contributed by atoms with Crippen LogP contribution >= 0.6 is 0 Å². The Balaban J connectivity index is 2.44. The molecule has 19 heavy (non-hydrogen) atoms. The lowest BCUT2D eigenvalue weighted by Gasteiger charge is -2.04. The summed E-state index contributed by atoms with van der Waals surface area (Å²) in [6.45, 7) is 1.54. The summed E-state index contributed by atoms with van der Waals surface area (Å²) in [6.07, 6.45) is 3.50. The van der Waals surface area contributed by atoms with Crippen molar-refractivity contribution < 1.29 is 9.53 Å². The van der Waals surface area contributed by atoms with E-state index in [1.807, 2.05) is 48.5 Å².